The summed E-state index contributed by atoms with van der Waals surface area (Å²) in [6.07, 6.45) is 2.05. The number of aromatic nitrogens is 3. The molecule has 0 aliphatic carbocycles. The second kappa shape index (κ2) is 6.45. The number of benzene rings is 2. The number of nitrogens with one attached hydrogen (secondary N) is 1. The van der Waals surface area contributed by atoms with E-state index in [1.54, 1.807) is 0 Å². The molecule has 6 nitrogen and oxygen atoms in total. The molecule has 0 spiro atoms. The van der Waals surface area contributed by atoms with Gasteiger partial charge in [0.2, 0.25) is 5.13 Å². The van der Waals surface area contributed by atoms with Crippen molar-refractivity contribution in [1.29, 1.82) is 0 Å². The van der Waals surface area contributed by atoms with Crippen LogP contribution >= 0.6 is 11.3 Å². The van der Waals surface area contributed by atoms with Crippen molar-refractivity contribution in [2.75, 3.05) is 5.32 Å². The summed E-state index contributed by atoms with van der Waals surface area (Å²) >= 11 is 1.35. The van der Waals surface area contributed by atoms with Crippen LogP contribution in [-0.2, 0) is 6.42 Å². The largest absolute Gasteiger partial charge is 0.443 e. The number of carbonyl (C=O) groups is 1. The molecule has 0 saturated carbocycles. The van der Waals surface area contributed by atoms with Crippen LogP contribution in [-0.4, -0.2) is 21.1 Å². The van der Waals surface area contributed by atoms with E-state index >= 15 is 0 Å². The van der Waals surface area contributed by atoms with Crippen molar-refractivity contribution in [2.45, 2.75) is 13.3 Å². The fourth-order valence-corrected chi connectivity index (χ4v) is 3.22. The van der Waals surface area contributed by atoms with Gasteiger partial charge in [-0.1, -0.05) is 54.7 Å². The molecule has 4 aromatic rings. The molecule has 0 radical (unpaired) electrons. The van der Waals surface area contributed by atoms with Crippen LogP contribution in [0.4, 0.5) is 5.13 Å². The maximum atomic E-state index is 12.5. The summed E-state index contributed by atoms with van der Waals surface area (Å²) < 4.78 is 5.48. The Morgan fingerprint density at radius 1 is 1.16 bits per heavy atom. The number of fused-ring (bicyclic) bond motifs is 1. The molecule has 0 atom stereocenters. The van der Waals surface area contributed by atoms with Crippen LogP contribution in [0.15, 0.2) is 53.3 Å². The number of oxazole rings is 1. The van der Waals surface area contributed by atoms with Crippen LogP contribution in [0.2, 0.25) is 0 Å². The smallest absolute Gasteiger partial charge is 0.280 e. The van der Waals surface area contributed by atoms with Crippen molar-refractivity contribution in [3.05, 3.63) is 59.6 Å². The average molecular weight is 350 g/mol. The second-order valence-electron chi connectivity index (χ2n) is 5.40. The van der Waals surface area contributed by atoms with E-state index in [0.717, 1.165) is 27.8 Å². The normalized spacial score (nSPS) is 10.9. The second-order valence-corrected chi connectivity index (χ2v) is 6.46. The maximum absolute atomic E-state index is 12.5. The lowest BCUT2D eigenvalue weighted by Gasteiger charge is -2.03. The van der Waals surface area contributed by atoms with Crippen molar-refractivity contribution < 1.29 is 9.21 Å². The van der Waals surface area contributed by atoms with Crippen LogP contribution in [0.5, 0.6) is 0 Å². The molecule has 4 rings (SSSR count). The highest BCUT2D eigenvalue weighted by atomic mass is 32.1. The molecule has 2 heterocycles. The SMILES string of the molecule is CCc1nnc(NC(=O)c2ncoc2-c2ccc3ccccc3c2)s1. The predicted molar refractivity (Wildman–Crippen MR) is 96.7 cm³/mol. The molecule has 1 N–H and O–H groups in total. The van der Waals surface area contributed by atoms with Crippen molar-refractivity contribution in [1.82, 2.24) is 15.2 Å². The minimum Gasteiger partial charge on any atom is -0.443 e. The number of amides is 1. The molecule has 0 saturated heterocycles. The average Bonchev–Trinajstić information content (AvgIpc) is 3.30. The van der Waals surface area contributed by atoms with E-state index in [4.69, 9.17) is 4.42 Å². The minimum absolute atomic E-state index is 0.225. The summed E-state index contributed by atoms with van der Waals surface area (Å²) in [7, 11) is 0. The van der Waals surface area contributed by atoms with Crippen LogP contribution in [0, 0.1) is 0 Å². The Hall–Kier alpha value is -3.06. The Bertz CT molecular complexity index is 1050. The summed E-state index contributed by atoms with van der Waals surface area (Å²) in [5, 5.41) is 14.2. The van der Waals surface area contributed by atoms with E-state index in [0.29, 0.717) is 10.9 Å². The lowest BCUT2D eigenvalue weighted by Crippen LogP contribution is -2.13. The first-order valence-corrected chi connectivity index (χ1v) is 8.62. The third-order valence-electron chi connectivity index (χ3n) is 3.78. The monoisotopic (exact) mass is 350 g/mol. The van der Waals surface area contributed by atoms with Gasteiger partial charge in [-0.25, -0.2) is 4.98 Å². The lowest BCUT2D eigenvalue weighted by molar-refractivity contribution is 0.102. The number of carbonyl (C=O) groups excluding carboxylic acids is 1. The molecular weight excluding hydrogens is 336 g/mol. The van der Waals surface area contributed by atoms with Gasteiger partial charge >= 0.3 is 0 Å². The molecule has 0 fully saturated rings. The molecule has 124 valence electrons. The molecule has 7 heteroatoms. The first kappa shape index (κ1) is 15.5. The molecule has 0 bridgehead atoms. The lowest BCUT2D eigenvalue weighted by atomic mass is 10.0. The number of hydrogen-bond acceptors (Lipinski definition) is 6. The first-order chi connectivity index (χ1) is 12.2. The Morgan fingerprint density at radius 3 is 2.80 bits per heavy atom. The summed E-state index contributed by atoms with van der Waals surface area (Å²) in [5.74, 6) is 0.0687. The van der Waals surface area contributed by atoms with Gasteiger partial charge in [-0.15, -0.1) is 10.2 Å². The maximum Gasteiger partial charge on any atom is 0.280 e. The van der Waals surface area contributed by atoms with Gasteiger partial charge in [0, 0.05) is 5.56 Å². The summed E-state index contributed by atoms with van der Waals surface area (Å²) in [4.78, 5) is 16.6. The number of rotatable bonds is 4. The molecule has 2 aromatic carbocycles. The van der Waals surface area contributed by atoms with Crippen LogP contribution in [0.3, 0.4) is 0 Å². The molecule has 1 amide bonds. The van der Waals surface area contributed by atoms with Crippen LogP contribution in [0.25, 0.3) is 22.1 Å². The number of anilines is 1. The quantitative estimate of drug-likeness (QED) is 0.598. The van der Waals surface area contributed by atoms with Gasteiger partial charge in [-0.2, -0.15) is 0 Å². The van der Waals surface area contributed by atoms with Gasteiger partial charge in [-0.3, -0.25) is 10.1 Å². The summed E-state index contributed by atoms with van der Waals surface area (Å²) in [6.45, 7) is 1.99. The summed E-state index contributed by atoms with van der Waals surface area (Å²) in [5.41, 5.74) is 1.02. The van der Waals surface area contributed by atoms with Gasteiger partial charge in [-0.05, 0) is 23.3 Å². The number of hydrogen-bond donors (Lipinski definition) is 1. The summed E-state index contributed by atoms with van der Waals surface area (Å²) in [6, 6.07) is 13.9. The number of aryl methyl sites for hydroxylation is 1. The van der Waals surface area contributed by atoms with E-state index in [-0.39, 0.29) is 11.6 Å². The third-order valence-corrected chi connectivity index (χ3v) is 4.77. The molecule has 0 unspecified atom stereocenters. The fourth-order valence-electron chi connectivity index (χ4n) is 2.55. The number of nitrogens with zero attached hydrogens (tertiary/aromatic N) is 3. The third kappa shape index (κ3) is 3.01. The van der Waals surface area contributed by atoms with E-state index in [9.17, 15) is 4.79 Å². The molecule has 0 aliphatic heterocycles. The van der Waals surface area contributed by atoms with Crippen LogP contribution in [0.1, 0.15) is 22.4 Å². The van der Waals surface area contributed by atoms with E-state index in [2.05, 4.69) is 20.5 Å². The predicted octanol–water partition coefficient (Wildman–Crippen LogP) is 4.16. The highest BCUT2D eigenvalue weighted by Crippen LogP contribution is 2.27. The minimum atomic E-state index is -0.365. The Morgan fingerprint density at radius 2 is 2.00 bits per heavy atom. The Balaban J connectivity index is 1.65. The topological polar surface area (TPSA) is 80.9 Å². The Labute approximate surface area is 147 Å². The zero-order valence-corrected chi connectivity index (χ0v) is 14.2. The molecule has 2 aromatic heterocycles. The Kier molecular flexibility index (Phi) is 3.99. The fraction of sp³-hybridized carbons (Fsp3) is 0.111. The van der Waals surface area contributed by atoms with Gasteiger partial charge in [0.15, 0.2) is 17.8 Å². The zero-order valence-electron chi connectivity index (χ0n) is 13.4. The van der Waals surface area contributed by atoms with Crippen molar-refractivity contribution in [2.24, 2.45) is 0 Å². The van der Waals surface area contributed by atoms with E-state index < -0.39 is 0 Å². The van der Waals surface area contributed by atoms with Crippen molar-refractivity contribution in [3.8, 4) is 11.3 Å². The standard InChI is InChI=1S/C18H14N4O2S/c1-2-14-21-22-18(25-14)20-17(23)15-16(24-10-19-15)13-8-7-11-5-3-4-6-12(11)9-13/h3-10H,2H2,1H3,(H,20,22,23). The van der Waals surface area contributed by atoms with Gasteiger partial charge in [0.1, 0.15) is 5.01 Å². The molecular formula is C18H14N4O2S. The van der Waals surface area contributed by atoms with Gasteiger partial charge < -0.3 is 4.42 Å². The molecule has 0 aliphatic rings. The highest BCUT2D eigenvalue weighted by molar-refractivity contribution is 7.15. The zero-order chi connectivity index (χ0) is 17.2. The van der Waals surface area contributed by atoms with Crippen molar-refractivity contribution in [3.63, 3.8) is 0 Å². The van der Waals surface area contributed by atoms with Gasteiger partial charge in [0.05, 0.1) is 0 Å². The van der Waals surface area contributed by atoms with E-state index in [1.165, 1.54) is 17.7 Å². The highest BCUT2D eigenvalue weighted by Gasteiger charge is 2.20. The first-order valence-electron chi connectivity index (χ1n) is 7.81. The van der Waals surface area contributed by atoms with Gasteiger partial charge in [0.25, 0.3) is 5.91 Å². The van der Waals surface area contributed by atoms with Crippen molar-refractivity contribution >= 4 is 33.1 Å². The van der Waals surface area contributed by atoms with E-state index in [1.807, 2.05) is 49.4 Å². The van der Waals surface area contributed by atoms with Crippen LogP contribution < -0.4 is 5.32 Å². The molecule has 25 heavy (non-hydrogen) atoms.